The Morgan fingerprint density at radius 3 is 2.69 bits per heavy atom. The van der Waals surface area contributed by atoms with E-state index in [1.165, 1.54) is 11.7 Å². The fraction of sp³-hybridized carbons (Fsp3) is 0.455. The van der Waals surface area contributed by atoms with E-state index in [0.717, 1.165) is 11.3 Å². The monoisotopic (exact) mass is 224 g/mol. The van der Waals surface area contributed by atoms with Crippen molar-refractivity contribution in [2.24, 2.45) is 0 Å². The Kier molecular flexibility index (Phi) is 4.25. The average molecular weight is 224 g/mol. The Morgan fingerprint density at radius 2 is 2.19 bits per heavy atom. The predicted octanol–water partition coefficient (Wildman–Crippen LogP) is 0.893. The van der Waals surface area contributed by atoms with Crippen LogP contribution in [0.5, 0.6) is 5.88 Å². The summed E-state index contributed by atoms with van der Waals surface area (Å²) >= 11 is 0. The van der Waals surface area contributed by atoms with Crippen molar-refractivity contribution in [3.8, 4) is 5.88 Å². The number of methoxy groups -OCH3 is 2. The van der Waals surface area contributed by atoms with E-state index in [0.29, 0.717) is 19.0 Å². The smallest absolute Gasteiger partial charge is 0.351 e. The molecule has 5 heteroatoms. The molecule has 0 aliphatic carbocycles. The third-order valence-electron chi connectivity index (χ3n) is 2.32. The summed E-state index contributed by atoms with van der Waals surface area (Å²) in [4.78, 5) is 15.5. The lowest BCUT2D eigenvalue weighted by Crippen LogP contribution is -2.27. The molecule has 0 fully saturated rings. The van der Waals surface area contributed by atoms with E-state index in [9.17, 15) is 4.79 Å². The predicted molar refractivity (Wildman–Crippen MR) is 60.7 cm³/mol. The Balaban J connectivity index is 3.38. The van der Waals surface area contributed by atoms with E-state index in [1.54, 1.807) is 13.2 Å². The normalized spacial score (nSPS) is 10.2. The molecule has 88 valence electrons. The molecular formula is C11H16N2O3. The molecule has 0 N–H and O–H groups in total. The van der Waals surface area contributed by atoms with Gasteiger partial charge in [0.2, 0.25) is 5.88 Å². The van der Waals surface area contributed by atoms with Crippen LogP contribution in [0.4, 0.5) is 0 Å². The molecule has 5 nitrogen and oxygen atoms in total. The van der Waals surface area contributed by atoms with Crippen LogP contribution in [-0.4, -0.2) is 23.8 Å². The van der Waals surface area contributed by atoms with Crippen LogP contribution < -0.4 is 10.4 Å². The number of hydrogen-bond acceptors (Lipinski definition) is 4. The van der Waals surface area contributed by atoms with E-state index >= 15 is 0 Å². The molecular weight excluding hydrogens is 208 g/mol. The first-order chi connectivity index (χ1) is 7.65. The van der Waals surface area contributed by atoms with Crippen molar-refractivity contribution >= 4 is 0 Å². The molecule has 0 radical (unpaired) electrons. The van der Waals surface area contributed by atoms with Crippen LogP contribution in [0.1, 0.15) is 11.3 Å². The van der Waals surface area contributed by atoms with Crippen molar-refractivity contribution in [3.05, 3.63) is 34.4 Å². The first-order valence-corrected chi connectivity index (χ1v) is 4.89. The van der Waals surface area contributed by atoms with Gasteiger partial charge in [-0.2, -0.15) is 4.98 Å². The molecule has 1 heterocycles. The third kappa shape index (κ3) is 2.30. The summed E-state index contributed by atoms with van der Waals surface area (Å²) < 4.78 is 11.7. The highest BCUT2D eigenvalue weighted by Crippen LogP contribution is 2.17. The molecule has 1 rings (SSSR count). The molecule has 0 aliphatic rings. The Labute approximate surface area is 94.3 Å². The van der Waals surface area contributed by atoms with Crippen molar-refractivity contribution in [1.29, 1.82) is 0 Å². The zero-order valence-corrected chi connectivity index (χ0v) is 9.82. The van der Waals surface area contributed by atoms with E-state index in [4.69, 9.17) is 9.47 Å². The fourth-order valence-corrected chi connectivity index (χ4v) is 1.50. The van der Waals surface area contributed by atoms with Crippen LogP contribution in [0.25, 0.3) is 0 Å². The molecule has 0 aliphatic heterocycles. The van der Waals surface area contributed by atoms with Crippen LogP contribution in [0.3, 0.4) is 0 Å². The minimum Gasteiger partial charge on any atom is -0.481 e. The summed E-state index contributed by atoms with van der Waals surface area (Å²) in [6.45, 7) is 6.23. The summed E-state index contributed by atoms with van der Waals surface area (Å²) in [5.74, 6) is 0.324. The van der Waals surface area contributed by atoms with Gasteiger partial charge in [-0.3, -0.25) is 4.57 Å². The quantitative estimate of drug-likeness (QED) is 0.697. The van der Waals surface area contributed by atoms with E-state index in [-0.39, 0.29) is 5.69 Å². The van der Waals surface area contributed by atoms with Crippen molar-refractivity contribution < 1.29 is 9.47 Å². The maximum Gasteiger partial charge on any atom is 0.351 e. The fourth-order valence-electron chi connectivity index (χ4n) is 1.50. The number of hydrogen-bond donors (Lipinski definition) is 0. The Hall–Kier alpha value is -1.62. The van der Waals surface area contributed by atoms with Gasteiger partial charge in [-0.1, -0.05) is 6.08 Å². The Morgan fingerprint density at radius 1 is 1.50 bits per heavy atom. The van der Waals surface area contributed by atoms with Gasteiger partial charge in [-0.05, 0) is 6.92 Å². The maximum absolute atomic E-state index is 11.6. The van der Waals surface area contributed by atoms with Crippen molar-refractivity contribution in [2.75, 3.05) is 14.2 Å². The number of aromatic nitrogens is 2. The summed E-state index contributed by atoms with van der Waals surface area (Å²) in [5.41, 5.74) is 1.24. The van der Waals surface area contributed by atoms with E-state index in [2.05, 4.69) is 11.6 Å². The average Bonchev–Trinajstić information content (AvgIpc) is 2.28. The first kappa shape index (κ1) is 12.4. The van der Waals surface area contributed by atoms with Gasteiger partial charge in [-0.15, -0.1) is 6.58 Å². The topological polar surface area (TPSA) is 53.4 Å². The molecule has 0 atom stereocenters. The highest BCUT2D eigenvalue weighted by Gasteiger charge is 2.13. The summed E-state index contributed by atoms with van der Waals surface area (Å²) in [7, 11) is 3.07. The van der Waals surface area contributed by atoms with Crippen LogP contribution >= 0.6 is 0 Å². The van der Waals surface area contributed by atoms with Crippen LogP contribution in [0, 0.1) is 6.92 Å². The largest absolute Gasteiger partial charge is 0.481 e. The van der Waals surface area contributed by atoms with Gasteiger partial charge in [0, 0.05) is 19.3 Å². The molecule has 1 aromatic rings. The SMILES string of the molecule is C=CCn1c(C)c(COC)c(OC)nc1=O. The lowest BCUT2D eigenvalue weighted by molar-refractivity contribution is 0.179. The number of nitrogens with zero attached hydrogens (tertiary/aromatic N) is 2. The molecule has 1 aromatic heterocycles. The van der Waals surface area contributed by atoms with Crippen molar-refractivity contribution in [2.45, 2.75) is 20.1 Å². The summed E-state index contributed by atoms with van der Waals surface area (Å²) in [6.07, 6.45) is 1.65. The van der Waals surface area contributed by atoms with Gasteiger partial charge in [-0.25, -0.2) is 4.79 Å². The molecule has 0 bridgehead atoms. The van der Waals surface area contributed by atoms with E-state index in [1.807, 2.05) is 6.92 Å². The molecule has 0 saturated carbocycles. The number of ether oxygens (including phenoxy) is 2. The molecule has 0 amide bonds. The van der Waals surface area contributed by atoms with Crippen molar-refractivity contribution in [1.82, 2.24) is 9.55 Å². The van der Waals surface area contributed by atoms with Gasteiger partial charge < -0.3 is 9.47 Å². The van der Waals surface area contributed by atoms with Gasteiger partial charge in [0.15, 0.2) is 0 Å². The van der Waals surface area contributed by atoms with Gasteiger partial charge in [0.1, 0.15) is 0 Å². The van der Waals surface area contributed by atoms with Gasteiger partial charge >= 0.3 is 5.69 Å². The van der Waals surface area contributed by atoms with Gasteiger partial charge in [0.25, 0.3) is 0 Å². The standard InChI is InChI=1S/C11H16N2O3/c1-5-6-13-8(2)9(7-15-3)10(16-4)12-11(13)14/h5H,1,6-7H2,2-4H3. The van der Waals surface area contributed by atoms with Crippen LogP contribution in [-0.2, 0) is 17.9 Å². The van der Waals surface area contributed by atoms with E-state index < -0.39 is 0 Å². The zero-order chi connectivity index (χ0) is 12.1. The second kappa shape index (κ2) is 5.46. The number of rotatable bonds is 5. The second-order valence-corrected chi connectivity index (χ2v) is 3.30. The first-order valence-electron chi connectivity index (χ1n) is 4.89. The lowest BCUT2D eigenvalue weighted by atomic mass is 10.2. The van der Waals surface area contributed by atoms with Crippen LogP contribution in [0.2, 0.25) is 0 Å². The maximum atomic E-state index is 11.6. The highest BCUT2D eigenvalue weighted by atomic mass is 16.5. The second-order valence-electron chi connectivity index (χ2n) is 3.30. The molecule has 0 saturated heterocycles. The molecule has 0 spiro atoms. The zero-order valence-electron chi connectivity index (χ0n) is 9.82. The summed E-state index contributed by atoms with van der Waals surface area (Å²) in [5, 5.41) is 0. The lowest BCUT2D eigenvalue weighted by Gasteiger charge is -2.14. The third-order valence-corrected chi connectivity index (χ3v) is 2.32. The highest BCUT2D eigenvalue weighted by molar-refractivity contribution is 5.29. The summed E-state index contributed by atoms with van der Waals surface area (Å²) in [6, 6.07) is 0. The molecule has 0 aromatic carbocycles. The van der Waals surface area contributed by atoms with Crippen molar-refractivity contribution in [3.63, 3.8) is 0 Å². The molecule has 0 unspecified atom stereocenters. The Bertz CT molecular complexity index is 438. The van der Waals surface area contributed by atoms with Gasteiger partial charge in [0.05, 0.1) is 19.3 Å². The minimum absolute atomic E-state index is 0.324. The number of allylic oxidation sites excluding steroid dienone is 1. The molecule has 16 heavy (non-hydrogen) atoms. The minimum atomic E-state index is -0.339. The van der Waals surface area contributed by atoms with Crippen LogP contribution in [0.15, 0.2) is 17.4 Å².